The topological polar surface area (TPSA) is 122 Å². The largest absolute Gasteiger partial charge is 0.496 e. The molecular formula is C39H45F3N4O5. The summed E-state index contributed by atoms with van der Waals surface area (Å²) in [6.07, 6.45) is 11.1. The van der Waals surface area contributed by atoms with Gasteiger partial charge in [0.2, 0.25) is 11.8 Å². The minimum Gasteiger partial charge on any atom is -0.496 e. The molecule has 1 aromatic heterocycles. The monoisotopic (exact) mass is 706 g/mol. The second-order valence-corrected chi connectivity index (χ2v) is 13.6. The molecule has 1 heterocycles. The van der Waals surface area contributed by atoms with Gasteiger partial charge in [0.25, 0.3) is 0 Å². The summed E-state index contributed by atoms with van der Waals surface area (Å²) < 4.78 is 44.8. The molecule has 2 aliphatic rings. The zero-order valence-corrected chi connectivity index (χ0v) is 29.0. The summed E-state index contributed by atoms with van der Waals surface area (Å²) >= 11 is 0. The van der Waals surface area contributed by atoms with E-state index in [1.165, 1.54) is 50.2 Å². The highest BCUT2D eigenvalue weighted by molar-refractivity contribution is 5.87. The Balaban J connectivity index is 1.14. The number of benzene rings is 2. The lowest BCUT2D eigenvalue weighted by Crippen LogP contribution is -2.42. The van der Waals surface area contributed by atoms with E-state index >= 15 is 0 Å². The number of nitrogens with one attached hydrogen (secondary N) is 1. The van der Waals surface area contributed by atoms with Crippen LogP contribution in [0, 0.1) is 17.8 Å². The van der Waals surface area contributed by atoms with Crippen LogP contribution in [0.25, 0.3) is 17.0 Å². The van der Waals surface area contributed by atoms with Crippen molar-refractivity contribution in [2.24, 2.45) is 17.8 Å². The van der Waals surface area contributed by atoms with Gasteiger partial charge < -0.3 is 20.1 Å². The van der Waals surface area contributed by atoms with E-state index in [9.17, 15) is 32.7 Å². The summed E-state index contributed by atoms with van der Waals surface area (Å²) in [4.78, 5) is 47.3. The normalized spacial score (nSPS) is 19.2. The highest BCUT2D eigenvalue weighted by Crippen LogP contribution is 2.42. The van der Waals surface area contributed by atoms with E-state index in [4.69, 9.17) is 4.74 Å². The fourth-order valence-electron chi connectivity index (χ4n) is 7.25. The first kappa shape index (κ1) is 37.5. The van der Waals surface area contributed by atoms with Gasteiger partial charge in [0.05, 0.1) is 25.6 Å². The van der Waals surface area contributed by atoms with Crippen LogP contribution in [0.1, 0.15) is 80.5 Å². The molecule has 3 aromatic rings. The number of aromatic nitrogens is 2. The Morgan fingerprint density at radius 2 is 1.63 bits per heavy atom. The summed E-state index contributed by atoms with van der Waals surface area (Å²) in [5.74, 6) is 0.119. The van der Waals surface area contributed by atoms with Crippen molar-refractivity contribution in [1.82, 2.24) is 20.2 Å². The van der Waals surface area contributed by atoms with Crippen LogP contribution < -0.4 is 10.1 Å². The molecule has 2 aromatic carbocycles. The van der Waals surface area contributed by atoms with Gasteiger partial charge in [-0.1, -0.05) is 62.6 Å². The first-order valence-electron chi connectivity index (χ1n) is 17.5. The Morgan fingerprint density at radius 1 is 0.941 bits per heavy atom. The van der Waals surface area contributed by atoms with Gasteiger partial charge in [-0.05, 0) is 78.7 Å². The number of rotatable bonds is 13. The number of aliphatic carboxylic acids is 1. The predicted octanol–water partition coefficient (Wildman–Crippen LogP) is 7.34. The molecule has 0 spiro atoms. The average molecular weight is 707 g/mol. The van der Waals surface area contributed by atoms with Gasteiger partial charge >= 0.3 is 12.1 Å². The molecule has 0 radical (unpaired) electrons. The Kier molecular flexibility index (Phi) is 12.5. The average Bonchev–Trinajstić information content (AvgIpc) is 3.13. The fourth-order valence-corrected chi connectivity index (χ4v) is 7.25. The van der Waals surface area contributed by atoms with Crippen molar-refractivity contribution in [2.45, 2.75) is 77.4 Å². The van der Waals surface area contributed by atoms with E-state index in [0.29, 0.717) is 11.4 Å². The highest BCUT2D eigenvalue weighted by Gasteiger charge is 2.34. The zero-order chi connectivity index (χ0) is 36.5. The van der Waals surface area contributed by atoms with Gasteiger partial charge in [-0.15, -0.1) is 0 Å². The number of alkyl halides is 3. The van der Waals surface area contributed by atoms with Gasteiger partial charge in [0.1, 0.15) is 12.3 Å². The van der Waals surface area contributed by atoms with Crippen LogP contribution in [0.5, 0.6) is 5.75 Å². The van der Waals surface area contributed by atoms with E-state index in [0.717, 1.165) is 65.9 Å². The zero-order valence-electron chi connectivity index (χ0n) is 29.0. The Bertz CT molecular complexity index is 1700. The van der Waals surface area contributed by atoms with E-state index in [-0.39, 0.29) is 17.9 Å². The Morgan fingerprint density at radius 3 is 2.22 bits per heavy atom. The lowest BCUT2D eigenvalue weighted by molar-refractivity contribution is -0.144. The molecule has 1 atom stereocenters. The minimum absolute atomic E-state index is 0.0380. The smallest absolute Gasteiger partial charge is 0.419 e. The molecule has 51 heavy (non-hydrogen) atoms. The van der Waals surface area contributed by atoms with Crippen molar-refractivity contribution in [3.05, 3.63) is 83.2 Å². The molecule has 272 valence electrons. The molecule has 2 aliphatic carbocycles. The molecule has 0 bridgehead atoms. The standard InChI is InChI=1S/C39H45F3N4O5/c1-3-25-4-9-28(10-5-25)29-13-15-30(16-14-29)32-20-44-38(45-21-32)31-11-6-26(7-12-31)23-46(24-37(49)50)36(48)22-43-35(47)19-27-8-17-34(51-2)33(18-27)39(40,41)42/h6-8,11-12,15,17-18,20-21,25,28-29H,3-5,9-10,13-14,16,19,22-24H2,1-2H3,(H,43,47)(H,49,50). The van der Waals surface area contributed by atoms with E-state index in [1.54, 1.807) is 24.3 Å². The number of hydrogen-bond donors (Lipinski definition) is 2. The van der Waals surface area contributed by atoms with E-state index in [1.807, 2.05) is 12.4 Å². The number of nitrogens with zero attached hydrogens (tertiary/aromatic N) is 3. The maximum Gasteiger partial charge on any atom is 0.419 e. The van der Waals surface area contributed by atoms with Crippen molar-refractivity contribution in [3.63, 3.8) is 0 Å². The minimum atomic E-state index is -4.68. The molecule has 1 unspecified atom stereocenters. The lowest BCUT2D eigenvalue weighted by Gasteiger charge is -2.35. The molecule has 1 saturated carbocycles. The molecule has 2 N–H and O–H groups in total. The molecular weight excluding hydrogens is 661 g/mol. The van der Waals surface area contributed by atoms with Crippen molar-refractivity contribution < 1.29 is 37.4 Å². The molecule has 12 heteroatoms. The molecule has 2 amide bonds. The number of ether oxygens (including phenoxy) is 1. The first-order valence-corrected chi connectivity index (χ1v) is 17.5. The molecule has 1 fully saturated rings. The van der Waals surface area contributed by atoms with Crippen LogP contribution in [-0.4, -0.2) is 58.0 Å². The second-order valence-electron chi connectivity index (χ2n) is 13.6. The van der Waals surface area contributed by atoms with Gasteiger partial charge in [0, 0.05) is 30.1 Å². The number of halogens is 3. The SMILES string of the molecule is CCC1CCC(C2CC=C(c3cnc(-c4ccc(CN(CC(=O)O)C(=O)CNC(=O)Cc5ccc(OC)c(C(F)(F)F)c5)cc4)nc3)CC2)CC1. The summed E-state index contributed by atoms with van der Waals surface area (Å²) in [6.45, 7) is 1.14. The molecule has 9 nitrogen and oxygen atoms in total. The van der Waals surface area contributed by atoms with Crippen molar-refractivity contribution in [1.29, 1.82) is 0 Å². The van der Waals surface area contributed by atoms with Crippen LogP contribution in [0.15, 0.2) is 60.9 Å². The third-order valence-corrected chi connectivity index (χ3v) is 10.2. The van der Waals surface area contributed by atoms with Crippen LogP contribution in [0.3, 0.4) is 0 Å². The van der Waals surface area contributed by atoms with Gasteiger partial charge in [-0.2, -0.15) is 13.2 Å². The summed E-state index contributed by atoms with van der Waals surface area (Å²) in [5.41, 5.74) is 2.81. The van der Waals surface area contributed by atoms with Crippen LogP contribution >= 0.6 is 0 Å². The van der Waals surface area contributed by atoms with Gasteiger partial charge in [-0.3, -0.25) is 14.4 Å². The lowest BCUT2D eigenvalue weighted by atomic mass is 9.71. The quantitative estimate of drug-likeness (QED) is 0.191. The first-order chi connectivity index (χ1) is 24.4. The molecule has 0 aliphatic heterocycles. The number of allylic oxidation sites excluding steroid dienone is 2. The highest BCUT2D eigenvalue weighted by atomic mass is 19.4. The molecule has 5 rings (SSSR count). The van der Waals surface area contributed by atoms with Crippen LogP contribution in [-0.2, 0) is 33.5 Å². The predicted molar refractivity (Wildman–Crippen MR) is 186 cm³/mol. The number of amides is 2. The van der Waals surface area contributed by atoms with Crippen molar-refractivity contribution in [2.75, 3.05) is 20.2 Å². The maximum absolute atomic E-state index is 13.4. The number of hydrogen-bond acceptors (Lipinski definition) is 6. The van der Waals surface area contributed by atoms with Crippen LogP contribution in [0.4, 0.5) is 13.2 Å². The summed E-state index contributed by atoms with van der Waals surface area (Å²) in [6, 6.07) is 10.4. The summed E-state index contributed by atoms with van der Waals surface area (Å²) in [7, 11) is 1.12. The number of methoxy groups -OCH3 is 1. The van der Waals surface area contributed by atoms with Gasteiger partial charge in [0.15, 0.2) is 5.82 Å². The number of carbonyl (C=O) groups is 3. The third kappa shape index (κ3) is 10.2. The number of carbonyl (C=O) groups excluding carboxylic acids is 2. The van der Waals surface area contributed by atoms with Crippen molar-refractivity contribution in [3.8, 4) is 17.1 Å². The van der Waals surface area contributed by atoms with E-state index < -0.39 is 49.0 Å². The van der Waals surface area contributed by atoms with Crippen LogP contribution in [0.2, 0.25) is 0 Å². The third-order valence-electron chi connectivity index (χ3n) is 10.2. The second kappa shape index (κ2) is 17.0. The Labute approximate surface area is 296 Å². The van der Waals surface area contributed by atoms with Gasteiger partial charge in [-0.25, -0.2) is 9.97 Å². The number of carboxylic acids is 1. The summed E-state index contributed by atoms with van der Waals surface area (Å²) in [5, 5.41) is 11.8. The number of carboxylic acid groups (broad SMARTS) is 1. The Hall–Kier alpha value is -4.74. The van der Waals surface area contributed by atoms with Crippen molar-refractivity contribution >= 4 is 23.4 Å². The van der Waals surface area contributed by atoms with E-state index in [2.05, 4.69) is 28.3 Å². The molecule has 0 saturated heterocycles. The maximum atomic E-state index is 13.4. The fraction of sp³-hybridized carbons (Fsp3) is 0.462.